The number of likely N-dealkylation sites (N-methyl/N-ethyl adjacent to an activating group) is 1. The van der Waals surface area contributed by atoms with E-state index in [2.05, 4.69) is 5.32 Å². The van der Waals surface area contributed by atoms with E-state index in [1.54, 1.807) is 13.1 Å². The molecule has 0 aliphatic carbocycles. The first kappa shape index (κ1) is 13.1. The Morgan fingerprint density at radius 3 is 2.72 bits per heavy atom. The quantitative estimate of drug-likeness (QED) is 0.917. The number of halogens is 3. The van der Waals surface area contributed by atoms with Crippen LogP contribution in [0.15, 0.2) is 34.9 Å². The Morgan fingerprint density at radius 2 is 2.11 bits per heavy atom. The van der Waals surface area contributed by atoms with Gasteiger partial charge in [-0.3, -0.25) is 0 Å². The third kappa shape index (κ3) is 2.71. The lowest BCUT2D eigenvalue weighted by molar-refractivity contribution is 0.528. The molecule has 1 unspecified atom stereocenters. The van der Waals surface area contributed by atoms with Gasteiger partial charge >= 0.3 is 0 Å². The minimum absolute atomic E-state index is 0.229. The zero-order valence-electron chi connectivity index (χ0n) is 9.71. The molecule has 2 nitrogen and oxygen atoms in total. The molecule has 2 aromatic rings. The maximum Gasteiger partial charge on any atom is 0.197 e. The largest absolute Gasteiger partial charge is 0.453 e. The van der Waals surface area contributed by atoms with Crippen LogP contribution in [0.1, 0.15) is 17.2 Å². The normalized spacial score (nSPS) is 12.7. The van der Waals surface area contributed by atoms with Crippen molar-refractivity contribution in [3.8, 4) is 0 Å². The molecule has 1 heterocycles. The van der Waals surface area contributed by atoms with Crippen molar-refractivity contribution in [2.45, 2.75) is 12.5 Å². The Hall–Kier alpha value is -1.39. The Bertz CT molecular complexity index is 542. The molecule has 0 fully saturated rings. The molecule has 0 aliphatic rings. The van der Waals surface area contributed by atoms with Crippen molar-refractivity contribution in [2.24, 2.45) is 0 Å². The van der Waals surface area contributed by atoms with E-state index in [0.717, 1.165) is 17.7 Å². The number of nitrogens with one attached hydrogen (secondary N) is 1. The number of benzene rings is 1. The Balaban J connectivity index is 2.26. The summed E-state index contributed by atoms with van der Waals surface area (Å²) in [5, 5.41) is 3.26. The molecular weight excluding hydrogens is 260 g/mol. The van der Waals surface area contributed by atoms with Crippen LogP contribution in [0.2, 0.25) is 5.22 Å². The number of hydrogen-bond acceptors (Lipinski definition) is 2. The number of hydrogen-bond donors (Lipinski definition) is 1. The summed E-state index contributed by atoms with van der Waals surface area (Å²) in [6, 6.07) is 4.88. The molecular formula is C13H12ClF2NO. The molecule has 0 aliphatic heterocycles. The Labute approximate surface area is 109 Å². The summed E-state index contributed by atoms with van der Waals surface area (Å²) in [7, 11) is 1.73. The highest BCUT2D eigenvalue weighted by Gasteiger charge is 2.17. The van der Waals surface area contributed by atoms with Crippen molar-refractivity contribution < 1.29 is 13.2 Å². The second-order valence-corrected chi connectivity index (χ2v) is 4.27. The van der Waals surface area contributed by atoms with Gasteiger partial charge in [0.15, 0.2) is 5.22 Å². The first-order valence-electron chi connectivity index (χ1n) is 5.46. The smallest absolute Gasteiger partial charge is 0.197 e. The first-order chi connectivity index (χ1) is 8.61. The van der Waals surface area contributed by atoms with Crippen LogP contribution in [0.25, 0.3) is 0 Å². The lowest BCUT2D eigenvalue weighted by atomic mass is 10.0. The predicted octanol–water partition coefficient (Wildman–Crippen LogP) is 3.71. The molecule has 2 rings (SSSR count). The van der Waals surface area contributed by atoms with Gasteiger partial charge < -0.3 is 9.73 Å². The van der Waals surface area contributed by atoms with Gasteiger partial charge in [0.2, 0.25) is 0 Å². The molecule has 1 N–H and O–H groups in total. The van der Waals surface area contributed by atoms with E-state index >= 15 is 0 Å². The molecule has 0 amide bonds. The average molecular weight is 272 g/mol. The maximum absolute atomic E-state index is 13.6. The lowest BCUT2D eigenvalue weighted by Gasteiger charge is -2.15. The predicted molar refractivity (Wildman–Crippen MR) is 65.6 cm³/mol. The lowest BCUT2D eigenvalue weighted by Crippen LogP contribution is -2.19. The topological polar surface area (TPSA) is 25.2 Å². The molecule has 5 heteroatoms. The van der Waals surface area contributed by atoms with Crippen LogP contribution in [0.4, 0.5) is 8.78 Å². The van der Waals surface area contributed by atoms with E-state index in [0.29, 0.717) is 12.0 Å². The minimum atomic E-state index is -0.459. The van der Waals surface area contributed by atoms with Gasteiger partial charge in [-0.15, -0.1) is 0 Å². The zero-order chi connectivity index (χ0) is 13.1. The van der Waals surface area contributed by atoms with Crippen molar-refractivity contribution in [3.63, 3.8) is 0 Å². The van der Waals surface area contributed by atoms with Crippen molar-refractivity contribution in [2.75, 3.05) is 7.05 Å². The second-order valence-electron chi connectivity index (χ2n) is 3.93. The van der Waals surface area contributed by atoms with Gasteiger partial charge in [-0.25, -0.2) is 8.78 Å². The highest BCUT2D eigenvalue weighted by Crippen LogP contribution is 2.27. The third-order valence-corrected chi connectivity index (χ3v) is 3.11. The van der Waals surface area contributed by atoms with Gasteiger partial charge in [0.05, 0.1) is 6.26 Å². The summed E-state index contributed by atoms with van der Waals surface area (Å²) in [5.41, 5.74) is 1.02. The monoisotopic (exact) mass is 271 g/mol. The fourth-order valence-corrected chi connectivity index (χ4v) is 2.09. The van der Waals surface area contributed by atoms with Crippen LogP contribution in [-0.2, 0) is 6.42 Å². The zero-order valence-corrected chi connectivity index (χ0v) is 10.5. The van der Waals surface area contributed by atoms with Gasteiger partial charge in [0.1, 0.15) is 11.6 Å². The summed E-state index contributed by atoms with van der Waals surface area (Å²) in [4.78, 5) is 0. The Kier molecular flexibility index (Phi) is 3.99. The molecule has 1 aromatic heterocycles. The van der Waals surface area contributed by atoms with Crippen LogP contribution < -0.4 is 5.32 Å². The molecule has 1 atom stereocenters. The fourth-order valence-electron chi connectivity index (χ4n) is 1.84. The van der Waals surface area contributed by atoms with Crippen molar-refractivity contribution in [3.05, 3.63) is 58.5 Å². The molecule has 0 radical (unpaired) electrons. The van der Waals surface area contributed by atoms with Gasteiger partial charge in [-0.05, 0) is 54.9 Å². The van der Waals surface area contributed by atoms with Gasteiger partial charge in [-0.1, -0.05) is 0 Å². The summed E-state index contributed by atoms with van der Waals surface area (Å²) in [6.07, 6.45) is 1.75. The third-order valence-electron chi connectivity index (χ3n) is 2.80. The summed E-state index contributed by atoms with van der Waals surface area (Å²) in [6.45, 7) is 0. The summed E-state index contributed by atoms with van der Waals surface area (Å²) >= 11 is 5.88. The highest BCUT2D eigenvalue weighted by molar-refractivity contribution is 6.29. The molecule has 0 spiro atoms. The standard InChI is InChI=1S/C13H12ClF2NO/c1-17-12(10-4-5-18-13(10)14)7-8-6-9(15)2-3-11(8)16/h2-6,12,17H,7H2,1H3. The van der Waals surface area contributed by atoms with E-state index in [4.69, 9.17) is 16.0 Å². The van der Waals surface area contributed by atoms with Gasteiger partial charge in [0, 0.05) is 11.6 Å². The number of furan rings is 1. The molecule has 1 aromatic carbocycles. The fraction of sp³-hybridized carbons (Fsp3) is 0.231. The van der Waals surface area contributed by atoms with Crippen molar-refractivity contribution in [1.29, 1.82) is 0 Å². The first-order valence-corrected chi connectivity index (χ1v) is 5.83. The van der Waals surface area contributed by atoms with Crippen LogP contribution in [0.5, 0.6) is 0 Å². The SMILES string of the molecule is CNC(Cc1cc(F)ccc1F)c1ccoc1Cl. The molecule has 0 saturated heterocycles. The molecule has 18 heavy (non-hydrogen) atoms. The van der Waals surface area contributed by atoms with E-state index in [1.807, 2.05) is 0 Å². The second kappa shape index (κ2) is 5.50. The van der Waals surface area contributed by atoms with E-state index in [9.17, 15) is 8.78 Å². The Morgan fingerprint density at radius 1 is 1.33 bits per heavy atom. The van der Waals surface area contributed by atoms with Crippen molar-refractivity contribution in [1.82, 2.24) is 5.32 Å². The number of rotatable bonds is 4. The highest BCUT2D eigenvalue weighted by atomic mass is 35.5. The van der Waals surface area contributed by atoms with Crippen LogP contribution in [-0.4, -0.2) is 7.05 Å². The van der Waals surface area contributed by atoms with E-state index in [1.165, 1.54) is 12.3 Å². The summed E-state index contributed by atoms with van der Waals surface area (Å²) in [5.74, 6) is -0.893. The van der Waals surface area contributed by atoms with Crippen molar-refractivity contribution >= 4 is 11.6 Å². The van der Waals surface area contributed by atoms with E-state index in [-0.39, 0.29) is 11.3 Å². The molecule has 96 valence electrons. The van der Waals surface area contributed by atoms with Gasteiger partial charge in [-0.2, -0.15) is 0 Å². The summed E-state index contributed by atoms with van der Waals surface area (Å²) < 4.78 is 31.6. The van der Waals surface area contributed by atoms with Crippen LogP contribution >= 0.6 is 11.6 Å². The minimum Gasteiger partial charge on any atom is -0.453 e. The molecule has 0 bridgehead atoms. The van der Waals surface area contributed by atoms with E-state index < -0.39 is 11.6 Å². The maximum atomic E-state index is 13.6. The van der Waals surface area contributed by atoms with Gasteiger partial charge in [0.25, 0.3) is 0 Å². The van der Waals surface area contributed by atoms with Crippen LogP contribution in [0, 0.1) is 11.6 Å². The van der Waals surface area contributed by atoms with Crippen LogP contribution in [0.3, 0.4) is 0 Å². The average Bonchev–Trinajstić information content (AvgIpc) is 2.77. The molecule has 0 saturated carbocycles.